The van der Waals surface area contributed by atoms with E-state index in [0.29, 0.717) is 18.0 Å². The topological polar surface area (TPSA) is 57.5 Å². The molecule has 2 unspecified atom stereocenters. The number of likely N-dealkylation sites (tertiary alicyclic amines) is 1. The van der Waals surface area contributed by atoms with Gasteiger partial charge in [-0.1, -0.05) is 6.92 Å². The number of hydrogen-bond acceptors (Lipinski definition) is 3. The summed E-state index contributed by atoms with van der Waals surface area (Å²) in [7, 11) is 1.84. The van der Waals surface area contributed by atoms with E-state index in [4.69, 9.17) is 4.98 Å². The van der Waals surface area contributed by atoms with Crippen LogP contribution >= 0.6 is 24.0 Å². The zero-order valence-corrected chi connectivity index (χ0v) is 18.3. The van der Waals surface area contributed by atoms with Crippen molar-refractivity contribution >= 4 is 29.9 Å². The van der Waals surface area contributed by atoms with Crippen LogP contribution < -0.4 is 10.6 Å². The first-order chi connectivity index (χ1) is 11.6. The van der Waals surface area contributed by atoms with Gasteiger partial charge in [0.15, 0.2) is 5.96 Å². The highest BCUT2D eigenvalue weighted by Gasteiger charge is 2.31. The summed E-state index contributed by atoms with van der Waals surface area (Å²) < 4.78 is 2.30. The Morgan fingerprint density at radius 2 is 2.16 bits per heavy atom. The van der Waals surface area contributed by atoms with Gasteiger partial charge >= 0.3 is 0 Å². The molecular weight excluding hydrogens is 427 g/mol. The van der Waals surface area contributed by atoms with Crippen LogP contribution in [0.4, 0.5) is 0 Å². The van der Waals surface area contributed by atoms with Gasteiger partial charge in [-0.2, -0.15) is 0 Å². The normalized spacial score (nSPS) is 24.1. The predicted octanol–water partition coefficient (Wildman–Crippen LogP) is 2.23. The summed E-state index contributed by atoms with van der Waals surface area (Å²) in [6.07, 6.45) is 5.83. The van der Waals surface area contributed by atoms with E-state index in [0.717, 1.165) is 44.3 Å². The van der Waals surface area contributed by atoms with Crippen molar-refractivity contribution in [3.8, 4) is 0 Å². The quantitative estimate of drug-likeness (QED) is 0.411. The first-order valence-electron chi connectivity index (χ1n) is 9.33. The summed E-state index contributed by atoms with van der Waals surface area (Å²) in [6, 6.07) is 1.06. The van der Waals surface area contributed by atoms with Crippen LogP contribution in [0.25, 0.3) is 0 Å². The molecule has 0 aliphatic carbocycles. The van der Waals surface area contributed by atoms with E-state index in [1.807, 2.05) is 7.05 Å². The van der Waals surface area contributed by atoms with E-state index in [2.05, 4.69) is 52.1 Å². The molecule has 2 aliphatic heterocycles. The molecule has 3 heterocycles. The molecule has 0 spiro atoms. The number of nitrogens with one attached hydrogen (secondary N) is 2. The number of aryl methyl sites for hydroxylation is 2. The zero-order valence-electron chi connectivity index (χ0n) is 16.0. The summed E-state index contributed by atoms with van der Waals surface area (Å²) in [5, 5.41) is 7.03. The van der Waals surface area contributed by atoms with Crippen molar-refractivity contribution in [2.24, 2.45) is 10.9 Å². The number of aromatic nitrogens is 2. The van der Waals surface area contributed by atoms with Gasteiger partial charge in [-0.15, -0.1) is 24.0 Å². The third kappa shape index (κ3) is 5.09. The molecule has 2 N–H and O–H groups in total. The van der Waals surface area contributed by atoms with Crippen molar-refractivity contribution in [2.75, 3.05) is 20.1 Å². The Labute approximate surface area is 168 Å². The molecule has 0 amide bonds. The first-order valence-corrected chi connectivity index (χ1v) is 9.33. The van der Waals surface area contributed by atoms with E-state index < -0.39 is 0 Å². The molecule has 142 valence electrons. The van der Waals surface area contributed by atoms with Crippen molar-refractivity contribution in [3.63, 3.8) is 0 Å². The molecule has 1 aromatic heterocycles. The van der Waals surface area contributed by atoms with Gasteiger partial charge in [-0.05, 0) is 32.6 Å². The molecule has 1 fully saturated rings. The van der Waals surface area contributed by atoms with Crippen molar-refractivity contribution in [2.45, 2.75) is 65.2 Å². The average Bonchev–Trinajstić information content (AvgIpc) is 3.14. The molecule has 3 rings (SSSR count). The van der Waals surface area contributed by atoms with Gasteiger partial charge in [0.1, 0.15) is 5.82 Å². The number of aliphatic imine (C=N–C) groups is 1. The van der Waals surface area contributed by atoms with Crippen molar-refractivity contribution in [3.05, 3.63) is 17.7 Å². The Morgan fingerprint density at radius 3 is 2.80 bits per heavy atom. The summed E-state index contributed by atoms with van der Waals surface area (Å²) in [5.41, 5.74) is 1.11. The maximum absolute atomic E-state index is 4.75. The van der Waals surface area contributed by atoms with E-state index >= 15 is 0 Å². The average molecular weight is 460 g/mol. The van der Waals surface area contributed by atoms with E-state index in [1.165, 1.54) is 18.7 Å². The number of fused-ring (bicyclic) bond motifs is 1. The fourth-order valence-corrected chi connectivity index (χ4v) is 3.72. The minimum Gasteiger partial charge on any atom is -0.352 e. The van der Waals surface area contributed by atoms with Crippen molar-refractivity contribution in [1.82, 2.24) is 25.1 Å². The predicted molar refractivity (Wildman–Crippen MR) is 114 cm³/mol. The maximum atomic E-state index is 4.75. The van der Waals surface area contributed by atoms with E-state index in [-0.39, 0.29) is 24.0 Å². The second kappa shape index (κ2) is 9.21. The van der Waals surface area contributed by atoms with Gasteiger partial charge in [0.25, 0.3) is 0 Å². The number of nitrogens with zero attached hydrogens (tertiary/aromatic N) is 4. The smallest absolute Gasteiger partial charge is 0.191 e. The SMILES string of the molecule is CN=C(NCc1cn2c(n1)CCCC2)NC1CN(C(C)C)CC1C.I. The van der Waals surface area contributed by atoms with Crippen LogP contribution in [0.3, 0.4) is 0 Å². The Morgan fingerprint density at radius 1 is 1.36 bits per heavy atom. The maximum Gasteiger partial charge on any atom is 0.191 e. The van der Waals surface area contributed by atoms with Crippen LogP contribution in [0.5, 0.6) is 0 Å². The van der Waals surface area contributed by atoms with Crippen LogP contribution in [0.2, 0.25) is 0 Å². The molecule has 1 aromatic rings. The molecule has 0 aromatic carbocycles. The van der Waals surface area contributed by atoms with Crippen LogP contribution in [-0.4, -0.2) is 52.6 Å². The number of imidazole rings is 1. The first kappa shape index (κ1) is 20.5. The lowest BCUT2D eigenvalue weighted by atomic mass is 10.1. The number of guanidine groups is 1. The second-order valence-electron chi connectivity index (χ2n) is 7.50. The number of hydrogen-bond donors (Lipinski definition) is 2. The minimum absolute atomic E-state index is 0. The molecule has 7 heteroatoms. The van der Waals surface area contributed by atoms with Crippen LogP contribution in [0.1, 0.15) is 45.1 Å². The third-order valence-electron chi connectivity index (χ3n) is 5.31. The van der Waals surface area contributed by atoms with Crippen LogP contribution in [0, 0.1) is 5.92 Å². The summed E-state index contributed by atoms with van der Waals surface area (Å²) in [5.74, 6) is 2.74. The molecule has 0 saturated carbocycles. The monoisotopic (exact) mass is 460 g/mol. The Hall–Kier alpha value is -0.830. The standard InChI is InChI=1S/C18H32N6.HI/c1-13(2)24-10-14(3)16(12-24)22-18(19-4)20-9-15-11-23-8-6-5-7-17(23)21-15;/h11,13-14,16H,5-10,12H2,1-4H3,(H2,19,20,22);1H. The molecule has 6 nitrogen and oxygen atoms in total. The molecule has 2 aliphatic rings. The highest BCUT2D eigenvalue weighted by Crippen LogP contribution is 2.18. The van der Waals surface area contributed by atoms with Crippen molar-refractivity contribution in [1.29, 1.82) is 0 Å². The molecule has 0 radical (unpaired) electrons. The van der Waals surface area contributed by atoms with Gasteiger partial charge in [-0.25, -0.2) is 4.98 Å². The van der Waals surface area contributed by atoms with Crippen LogP contribution in [-0.2, 0) is 19.5 Å². The van der Waals surface area contributed by atoms with Gasteiger partial charge < -0.3 is 15.2 Å². The zero-order chi connectivity index (χ0) is 17.1. The number of halogens is 1. The van der Waals surface area contributed by atoms with Gasteiger partial charge in [0, 0.05) is 51.4 Å². The summed E-state index contributed by atoms with van der Waals surface area (Å²) in [4.78, 5) is 11.7. The minimum atomic E-state index is 0. The van der Waals surface area contributed by atoms with Gasteiger partial charge in [0.05, 0.1) is 12.2 Å². The summed E-state index contributed by atoms with van der Waals surface area (Å²) >= 11 is 0. The molecule has 1 saturated heterocycles. The lowest BCUT2D eigenvalue weighted by molar-refractivity contribution is 0.265. The van der Waals surface area contributed by atoms with E-state index in [9.17, 15) is 0 Å². The van der Waals surface area contributed by atoms with E-state index in [1.54, 1.807) is 0 Å². The third-order valence-corrected chi connectivity index (χ3v) is 5.31. The molecular formula is C18H33IN6. The Bertz CT molecular complexity index is 559. The van der Waals surface area contributed by atoms with Crippen LogP contribution in [0.15, 0.2) is 11.2 Å². The largest absolute Gasteiger partial charge is 0.352 e. The Kier molecular flexibility index (Phi) is 7.54. The fraction of sp³-hybridized carbons (Fsp3) is 0.778. The molecule has 0 bridgehead atoms. The van der Waals surface area contributed by atoms with Gasteiger partial charge in [-0.3, -0.25) is 9.89 Å². The second-order valence-corrected chi connectivity index (χ2v) is 7.50. The molecule has 25 heavy (non-hydrogen) atoms. The fourth-order valence-electron chi connectivity index (χ4n) is 3.72. The number of rotatable bonds is 4. The van der Waals surface area contributed by atoms with Crippen molar-refractivity contribution < 1.29 is 0 Å². The highest BCUT2D eigenvalue weighted by molar-refractivity contribution is 14.0. The van der Waals surface area contributed by atoms with Gasteiger partial charge in [0.2, 0.25) is 0 Å². The Balaban J connectivity index is 0.00000225. The summed E-state index contributed by atoms with van der Waals surface area (Å²) in [6.45, 7) is 10.9. The lowest BCUT2D eigenvalue weighted by Crippen LogP contribution is -2.46. The lowest BCUT2D eigenvalue weighted by Gasteiger charge is -2.21. The molecule has 2 atom stereocenters. The highest BCUT2D eigenvalue weighted by atomic mass is 127.